The third-order valence-corrected chi connectivity index (χ3v) is 3.37. The van der Waals surface area contributed by atoms with Gasteiger partial charge in [-0.1, -0.05) is 27.7 Å². The van der Waals surface area contributed by atoms with E-state index in [2.05, 4.69) is 19.2 Å². The second-order valence-electron chi connectivity index (χ2n) is 5.91. The van der Waals surface area contributed by atoms with Crippen LogP contribution in [0.5, 0.6) is 0 Å². The maximum Gasteiger partial charge on any atom is 0.164 e. The lowest BCUT2D eigenvalue weighted by Crippen LogP contribution is -2.36. The molecule has 0 bridgehead atoms. The fraction of sp³-hybridized carbons (Fsp3) is 0.867. The number of nitrogens with two attached hydrogens (primary N) is 1. The van der Waals surface area contributed by atoms with Gasteiger partial charge in [-0.25, -0.2) is 0 Å². The van der Waals surface area contributed by atoms with Crippen molar-refractivity contribution in [2.45, 2.75) is 52.6 Å². The van der Waals surface area contributed by atoms with Crippen molar-refractivity contribution in [1.29, 1.82) is 0 Å². The summed E-state index contributed by atoms with van der Waals surface area (Å²) in [6.45, 7) is 8.24. The molecule has 0 aliphatic heterocycles. The maximum atomic E-state index is 11.1. The van der Waals surface area contributed by atoms with Crippen LogP contribution in [0.15, 0.2) is 0 Å². The van der Waals surface area contributed by atoms with Crippen LogP contribution >= 0.6 is 23.2 Å². The minimum Gasteiger partial charge on any atom is -0.321 e. The van der Waals surface area contributed by atoms with E-state index in [4.69, 9.17) is 28.9 Å². The van der Waals surface area contributed by atoms with Gasteiger partial charge in [0.25, 0.3) is 0 Å². The molecule has 0 aromatic carbocycles. The number of alkyl halides is 2. The van der Waals surface area contributed by atoms with Crippen LogP contribution in [0.25, 0.3) is 0 Å². The lowest BCUT2D eigenvalue weighted by Gasteiger charge is -2.15. The first kappa shape index (κ1) is 23.1. The standard InChI is InChI=1S/C8H16ClNO.C7H14ClNO/c1-6(2)4-7(10-3)8(11)5-9;1-5(2)3-6(9)7(10)4-8/h6-7,10H,4-5H2,1-3H3;5-6H,3-4,9H2,1-2H3/t7-;/m0./s1. The molecule has 0 radical (unpaired) electrons. The highest BCUT2D eigenvalue weighted by Gasteiger charge is 2.15. The van der Waals surface area contributed by atoms with E-state index in [9.17, 15) is 9.59 Å². The predicted octanol–water partition coefficient (Wildman–Crippen LogP) is 2.60. The molecule has 0 aromatic heterocycles. The summed E-state index contributed by atoms with van der Waals surface area (Å²) in [5.41, 5.74) is 5.49. The Hall–Kier alpha value is -0.160. The number of halogens is 2. The molecular weight excluding hydrogens is 311 g/mol. The highest BCUT2D eigenvalue weighted by Crippen LogP contribution is 2.05. The van der Waals surface area contributed by atoms with Gasteiger partial charge in [0.15, 0.2) is 11.6 Å². The van der Waals surface area contributed by atoms with E-state index in [0.717, 1.165) is 12.8 Å². The first-order valence-corrected chi connectivity index (χ1v) is 8.36. The normalized spacial score (nSPS) is 13.6. The molecule has 4 nitrogen and oxygen atoms in total. The maximum absolute atomic E-state index is 11.1. The summed E-state index contributed by atoms with van der Waals surface area (Å²) < 4.78 is 0. The second-order valence-corrected chi connectivity index (χ2v) is 6.44. The Bertz CT molecular complexity index is 297. The summed E-state index contributed by atoms with van der Waals surface area (Å²) in [4.78, 5) is 21.9. The van der Waals surface area contributed by atoms with Crippen LogP contribution in [0.4, 0.5) is 0 Å². The van der Waals surface area contributed by atoms with E-state index in [-0.39, 0.29) is 35.4 Å². The number of likely N-dealkylation sites (N-methyl/N-ethyl adjacent to an activating group) is 1. The molecule has 2 atom stereocenters. The molecule has 0 saturated heterocycles. The number of carbonyl (C=O) groups is 2. The number of hydrogen-bond donors (Lipinski definition) is 2. The third-order valence-electron chi connectivity index (χ3n) is 2.85. The van der Waals surface area contributed by atoms with Crippen molar-refractivity contribution < 1.29 is 9.59 Å². The number of ketones is 2. The Morgan fingerprint density at radius 3 is 1.67 bits per heavy atom. The van der Waals surface area contributed by atoms with E-state index in [1.165, 1.54) is 0 Å². The van der Waals surface area contributed by atoms with Crippen LogP contribution in [-0.2, 0) is 9.59 Å². The van der Waals surface area contributed by atoms with Crippen molar-refractivity contribution in [2.24, 2.45) is 17.6 Å². The zero-order valence-corrected chi connectivity index (χ0v) is 15.3. The summed E-state index contributed by atoms with van der Waals surface area (Å²) in [6, 6.07) is -0.426. The molecule has 0 aromatic rings. The van der Waals surface area contributed by atoms with Crippen molar-refractivity contribution in [2.75, 3.05) is 18.8 Å². The molecule has 0 aliphatic rings. The Morgan fingerprint density at radius 2 is 1.38 bits per heavy atom. The van der Waals surface area contributed by atoms with Gasteiger partial charge in [0.05, 0.1) is 23.8 Å². The molecule has 21 heavy (non-hydrogen) atoms. The highest BCUT2D eigenvalue weighted by atomic mass is 35.5. The first-order chi connectivity index (χ1) is 9.69. The van der Waals surface area contributed by atoms with Gasteiger partial charge in [-0.05, 0) is 31.7 Å². The molecule has 0 amide bonds. The topological polar surface area (TPSA) is 72.2 Å². The molecule has 0 spiro atoms. The van der Waals surface area contributed by atoms with Crippen LogP contribution < -0.4 is 11.1 Å². The molecule has 0 aliphatic carbocycles. The molecule has 0 saturated carbocycles. The Balaban J connectivity index is 0. The van der Waals surface area contributed by atoms with Crippen LogP contribution in [-0.4, -0.2) is 42.5 Å². The first-order valence-electron chi connectivity index (χ1n) is 7.29. The summed E-state index contributed by atoms with van der Waals surface area (Å²) in [7, 11) is 1.79. The van der Waals surface area contributed by atoms with Crippen LogP contribution in [0.1, 0.15) is 40.5 Å². The summed E-state index contributed by atoms with van der Waals surface area (Å²) >= 11 is 10.7. The van der Waals surface area contributed by atoms with E-state index < -0.39 is 0 Å². The fourth-order valence-electron chi connectivity index (χ4n) is 1.71. The minimum atomic E-state index is -0.363. The van der Waals surface area contributed by atoms with Gasteiger partial charge in [-0.2, -0.15) is 0 Å². The summed E-state index contributed by atoms with van der Waals surface area (Å²) in [5, 5.41) is 2.95. The number of rotatable bonds is 9. The van der Waals surface area contributed by atoms with E-state index >= 15 is 0 Å². The average Bonchev–Trinajstić information content (AvgIpc) is 2.42. The van der Waals surface area contributed by atoms with Crippen molar-refractivity contribution in [1.82, 2.24) is 5.32 Å². The van der Waals surface area contributed by atoms with Crippen LogP contribution in [0.2, 0.25) is 0 Å². The van der Waals surface area contributed by atoms with Crippen LogP contribution in [0, 0.1) is 11.8 Å². The summed E-state index contributed by atoms with van der Waals surface area (Å²) in [5.74, 6) is 1.16. The van der Waals surface area contributed by atoms with Gasteiger partial charge < -0.3 is 11.1 Å². The number of Topliss-reactive ketones (excluding diaryl/α,β-unsaturated/α-hetero) is 2. The molecular formula is C15H30Cl2N2O2. The Kier molecular flexibility index (Phi) is 14.9. The number of carbonyl (C=O) groups excluding carboxylic acids is 2. The van der Waals surface area contributed by atoms with E-state index in [1.807, 2.05) is 13.8 Å². The van der Waals surface area contributed by atoms with E-state index in [0.29, 0.717) is 11.8 Å². The van der Waals surface area contributed by atoms with E-state index in [1.54, 1.807) is 7.05 Å². The fourth-order valence-corrected chi connectivity index (χ4v) is 2.10. The van der Waals surface area contributed by atoms with Crippen molar-refractivity contribution in [3.63, 3.8) is 0 Å². The zero-order valence-electron chi connectivity index (χ0n) is 13.8. The average molecular weight is 341 g/mol. The zero-order chi connectivity index (χ0) is 17.0. The smallest absolute Gasteiger partial charge is 0.164 e. The molecule has 0 heterocycles. The molecule has 3 N–H and O–H groups in total. The SMILES string of the molecule is CC(C)CC(N)C(=O)CCl.CN[C@@H](CC(C)C)C(=O)CCl. The van der Waals surface area contributed by atoms with Gasteiger partial charge in [0.1, 0.15) is 0 Å². The second kappa shape index (κ2) is 13.5. The quantitative estimate of drug-likeness (QED) is 0.633. The third kappa shape index (κ3) is 13.2. The van der Waals surface area contributed by atoms with Crippen molar-refractivity contribution in [3.8, 4) is 0 Å². The van der Waals surface area contributed by atoms with Gasteiger partial charge >= 0.3 is 0 Å². The lowest BCUT2D eigenvalue weighted by molar-refractivity contribution is -0.119. The minimum absolute atomic E-state index is 0.0356. The van der Waals surface area contributed by atoms with Gasteiger partial charge in [-0.15, -0.1) is 23.2 Å². The predicted molar refractivity (Wildman–Crippen MR) is 91.2 cm³/mol. The van der Waals surface area contributed by atoms with Crippen LogP contribution in [0.3, 0.4) is 0 Å². The molecule has 1 unspecified atom stereocenters. The van der Waals surface area contributed by atoms with Gasteiger partial charge in [0.2, 0.25) is 0 Å². The Morgan fingerprint density at radius 1 is 0.952 bits per heavy atom. The summed E-state index contributed by atoms with van der Waals surface area (Å²) in [6.07, 6.45) is 1.59. The Labute approximate surface area is 139 Å². The lowest BCUT2D eigenvalue weighted by atomic mass is 10.0. The van der Waals surface area contributed by atoms with Crippen molar-refractivity contribution in [3.05, 3.63) is 0 Å². The molecule has 6 heteroatoms. The largest absolute Gasteiger partial charge is 0.321 e. The van der Waals surface area contributed by atoms with Gasteiger partial charge in [-0.3, -0.25) is 9.59 Å². The number of hydrogen-bond acceptors (Lipinski definition) is 4. The molecule has 0 rings (SSSR count). The monoisotopic (exact) mass is 340 g/mol. The van der Waals surface area contributed by atoms with Gasteiger partial charge in [0, 0.05) is 0 Å². The molecule has 126 valence electrons. The number of nitrogens with one attached hydrogen (secondary N) is 1. The van der Waals surface area contributed by atoms with Crippen molar-refractivity contribution >= 4 is 34.8 Å². The molecule has 0 fully saturated rings. The highest BCUT2D eigenvalue weighted by molar-refractivity contribution is 6.28.